The molecule has 41 heavy (non-hydrogen) atoms. The van der Waals surface area contributed by atoms with Gasteiger partial charge in [-0.3, -0.25) is 0 Å². The van der Waals surface area contributed by atoms with E-state index in [-0.39, 0.29) is 36.9 Å². The maximum Gasteiger partial charge on any atom is 0.335 e. The number of allylic oxidation sites excluding steroid dienone is 4. The van der Waals surface area contributed by atoms with Gasteiger partial charge in [0.1, 0.15) is 13.2 Å². The second-order valence-corrected chi connectivity index (χ2v) is 11.5. The molecular weight excluding hydrogens is 516 g/mol. The quantitative estimate of drug-likeness (QED) is 0.133. The minimum Gasteiger partial charge on any atom is -0.461 e. The highest BCUT2D eigenvalue weighted by Gasteiger charge is 2.25. The predicted octanol–water partition coefficient (Wildman–Crippen LogP) is 6.96. The molecule has 1 fully saturated rings. The van der Waals surface area contributed by atoms with Gasteiger partial charge in [0.15, 0.2) is 0 Å². The van der Waals surface area contributed by atoms with E-state index in [0.29, 0.717) is 11.8 Å². The smallest absolute Gasteiger partial charge is 0.335 e. The summed E-state index contributed by atoms with van der Waals surface area (Å²) in [6.07, 6.45) is 18.9. The average molecular weight is 565 g/mol. The van der Waals surface area contributed by atoms with Crippen molar-refractivity contribution in [3.05, 3.63) is 83.5 Å². The van der Waals surface area contributed by atoms with Crippen molar-refractivity contribution < 1.29 is 28.9 Å². The third-order valence-electron chi connectivity index (χ3n) is 8.42. The summed E-state index contributed by atoms with van der Waals surface area (Å²) in [5.74, 6) is 0.321. The van der Waals surface area contributed by atoms with Gasteiger partial charge in [-0.2, -0.15) is 0 Å². The molecule has 0 aliphatic heterocycles. The number of carbonyl (C=O) groups excluding carboxylic acids is 2. The molecule has 0 saturated heterocycles. The molecule has 1 aromatic rings. The highest BCUT2D eigenvalue weighted by Crippen LogP contribution is 2.39. The van der Waals surface area contributed by atoms with E-state index in [0.717, 1.165) is 17.9 Å². The van der Waals surface area contributed by atoms with Crippen LogP contribution in [-0.2, 0) is 23.8 Å². The van der Waals surface area contributed by atoms with Crippen molar-refractivity contribution in [2.45, 2.75) is 76.5 Å². The van der Waals surface area contributed by atoms with Gasteiger partial charge in [-0.1, -0.05) is 88.3 Å². The lowest BCUT2D eigenvalue weighted by Gasteiger charge is -2.31. The Balaban J connectivity index is 1.58. The first-order chi connectivity index (χ1) is 19.9. The van der Waals surface area contributed by atoms with Gasteiger partial charge in [0, 0.05) is 13.0 Å². The van der Waals surface area contributed by atoms with E-state index in [1.54, 1.807) is 0 Å². The largest absolute Gasteiger partial charge is 0.461 e. The number of hydrogen-bond acceptors (Lipinski definition) is 6. The molecule has 1 saturated carbocycles. The van der Waals surface area contributed by atoms with Gasteiger partial charge < -0.3 is 19.3 Å². The highest BCUT2D eigenvalue weighted by molar-refractivity contribution is 5.88. The monoisotopic (exact) mass is 564 g/mol. The summed E-state index contributed by atoms with van der Waals surface area (Å²) >= 11 is 0. The molecule has 0 aromatic heterocycles. The van der Waals surface area contributed by atoms with E-state index in [1.165, 1.54) is 69.6 Å². The Morgan fingerprint density at radius 3 is 2.20 bits per heavy atom. The zero-order valence-electron chi connectivity index (χ0n) is 24.9. The SMILES string of the molecule is C=C(CO)C(=O)OCC(COC(=O)C(=C)COC)c1ccc(C2C=CC(C3CCC(CCCCC)CC3)=CC2)cc1. The van der Waals surface area contributed by atoms with Crippen LogP contribution >= 0.6 is 0 Å². The molecule has 0 amide bonds. The van der Waals surface area contributed by atoms with Gasteiger partial charge in [0.05, 0.1) is 30.3 Å². The van der Waals surface area contributed by atoms with Gasteiger partial charge in [0.25, 0.3) is 0 Å². The number of benzene rings is 1. The first-order valence-corrected chi connectivity index (χ1v) is 15.1. The van der Waals surface area contributed by atoms with Crippen molar-refractivity contribution in [3.63, 3.8) is 0 Å². The lowest BCUT2D eigenvalue weighted by molar-refractivity contribution is -0.143. The van der Waals surface area contributed by atoms with E-state index in [1.807, 2.05) is 12.1 Å². The van der Waals surface area contributed by atoms with Crippen LogP contribution in [0.4, 0.5) is 0 Å². The van der Waals surface area contributed by atoms with Gasteiger partial charge >= 0.3 is 11.9 Å². The summed E-state index contributed by atoms with van der Waals surface area (Å²) in [5, 5.41) is 9.17. The Kier molecular flexibility index (Phi) is 13.6. The first-order valence-electron chi connectivity index (χ1n) is 15.1. The number of hydrogen-bond donors (Lipinski definition) is 1. The number of carbonyl (C=O) groups is 2. The summed E-state index contributed by atoms with van der Waals surface area (Å²) in [5.41, 5.74) is 3.79. The van der Waals surface area contributed by atoms with Crippen molar-refractivity contribution in [2.24, 2.45) is 11.8 Å². The van der Waals surface area contributed by atoms with Crippen LogP contribution in [-0.4, -0.2) is 50.6 Å². The lowest BCUT2D eigenvalue weighted by atomic mass is 9.75. The minimum atomic E-state index is -0.677. The van der Waals surface area contributed by atoms with Crippen molar-refractivity contribution in [1.82, 2.24) is 0 Å². The first kappa shape index (κ1) is 32.6. The molecule has 0 spiro atoms. The average Bonchev–Trinajstić information content (AvgIpc) is 3.01. The van der Waals surface area contributed by atoms with E-state index in [4.69, 9.17) is 19.3 Å². The van der Waals surface area contributed by atoms with Crippen molar-refractivity contribution >= 4 is 11.9 Å². The predicted molar refractivity (Wildman–Crippen MR) is 163 cm³/mol. The Hall–Kier alpha value is -2.96. The fourth-order valence-corrected chi connectivity index (χ4v) is 5.76. The molecule has 0 heterocycles. The maximum atomic E-state index is 12.3. The summed E-state index contributed by atoms with van der Waals surface area (Å²) in [6, 6.07) is 8.19. The number of aliphatic hydroxyl groups is 1. The Morgan fingerprint density at radius 1 is 0.976 bits per heavy atom. The molecule has 0 radical (unpaired) electrons. The van der Waals surface area contributed by atoms with E-state index < -0.39 is 18.5 Å². The van der Waals surface area contributed by atoms with Crippen LogP contribution in [0.25, 0.3) is 0 Å². The van der Waals surface area contributed by atoms with Gasteiger partial charge in [-0.25, -0.2) is 9.59 Å². The molecular formula is C35H48O6. The second-order valence-electron chi connectivity index (χ2n) is 11.5. The molecule has 0 bridgehead atoms. The fourth-order valence-electron chi connectivity index (χ4n) is 5.76. The van der Waals surface area contributed by atoms with Gasteiger partial charge in [-0.15, -0.1) is 0 Å². The fraction of sp³-hybridized carbons (Fsp3) is 0.543. The van der Waals surface area contributed by atoms with Crippen molar-refractivity contribution in [2.75, 3.05) is 33.5 Å². The summed E-state index contributed by atoms with van der Waals surface area (Å²) in [4.78, 5) is 24.3. The third kappa shape index (κ3) is 10.1. The van der Waals surface area contributed by atoms with Gasteiger partial charge in [-0.05, 0) is 60.6 Å². The second kappa shape index (κ2) is 17.1. The van der Waals surface area contributed by atoms with E-state index in [2.05, 4.69) is 50.4 Å². The number of aliphatic hydroxyl groups excluding tert-OH is 1. The molecule has 2 unspecified atom stereocenters. The number of methoxy groups -OCH3 is 1. The molecule has 2 atom stereocenters. The van der Waals surface area contributed by atoms with Crippen LogP contribution in [0.2, 0.25) is 0 Å². The highest BCUT2D eigenvalue weighted by atomic mass is 16.5. The van der Waals surface area contributed by atoms with E-state index >= 15 is 0 Å². The number of rotatable bonds is 16. The molecule has 2 aliphatic rings. The Morgan fingerprint density at radius 2 is 1.63 bits per heavy atom. The zero-order valence-corrected chi connectivity index (χ0v) is 24.9. The molecule has 6 heteroatoms. The number of ether oxygens (including phenoxy) is 3. The van der Waals surface area contributed by atoms with Crippen molar-refractivity contribution in [3.8, 4) is 0 Å². The Bertz CT molecular complexity index is 1070. The molecule has 1 aromatic carbocycles. The van der Waals surface area contributed by atoms with Crippen LogP contribution in [0, 0.1) is 11.8 Å². The summed E-state index contributed by atoms with van der Waals surface area (Å²) < 4.78 is 15.7. The van der Waals surface area contributed by atoms with Crippen LogP contribution in [0.5, 0.6) is 0 Å². The third-order valence-corrected chi connectivity index (χ3v) is 8.42. The normalized spacial score (nSPS) is 21.0. The van der Waals surface area contributed by atoms with Crippen molar-refractivity contribution in [1.29, 1.82) is 0 Å². The van der Waals surface area contributed by atoms with Crippen LogP contribution in [0.3, 0.4) is 0 Å². The summed E-state index contributed by atoms with van der Waals surface area (Å²) in [6.45, 7) is 9.07. The minimum absolute atomic E-state index is 0.00999. The molecule has 2 aliphatic carbocycles. The standard InChI is InChI=1S/C35H48O6/c1-5-6-7-8-27-9-11-28(12-10-27)29-13-15-30(16-14-29)31-17-19-32(20-18-31)33(23-40-34(37)25(2)21-36)24-41-35(38)26(3)22-39-4/h13-15,17-20,27-28,30,33,36H,2-3,5-12,16,21-24H2,1,4H3. The van der Waals surface area contributed by atoms with Crippen LogP contribution in [0.15, 0.2) is 72.4 Å². The number of unbranched alkanes of at least 4 members (excludes halogenated alkanes) is 2. The maximum absolute atomic E-state index is 12.3. The topological polar surface area (TPSA) is 82.1 Å². The lowest BCUT2D eigenvalue weighted by Crippen LogP contribution is -2.22. The van der Waals surface area contributed by atoms with Crippen LogP contribution < -0.4 is 0 Å². The zero-order chi connectivity index (χ0) is 29.6. The molecule has 224 valence electrons. The number of esters is 2. The van der Waals surface area contributed by atoms with E-state index in [9.17, 15) is 9.59 Å². The molecule has 1 N–H and O–H groups in total. The Labute approximate surface area is 246 Å². The summed E-state index contributed by atoms with van der Waals surface area (Å²) in [7, 11) is 1.48. The molecule has 6 nitrogen and oxygen atoms in total. The van der Waals surface area contributed by atoms with Crippen LogP contribution in [0.1, 0.15) is 87.7 Å². The molecule has 3 rings (SSSR count). The van der Waals surface area contributed by atoms with Gasteiger partial charge in [0.2, 0.25) is 0 Å².